The van der Waals surface area contributed by atoms with Crippen LogP contribution in [0.15, 0.2) is 65.7 Å². The van der Waals surface area contributed by atoms with Crippen LogP contribution in [0, 0.1) is 17.8 Å². The van der Waals surface area contributed by atoms with Crippen molar-refractivity contribution in [3.8, 4) is 0 Å². The van der Waals surface area contributed by atoms with E-state index in [9.17, 15) is 28.8 Å². The SMILES string of the molecule is COC(=O)C1(NC(=O)OC(C)(C)C)CCN(C(=O)[C@@H](CCCN=C(C)N)NC(=O)[C@H](CC(=O)[C@@H](Cc2ccccc2)NC(=O)[C@H](C)Cc2ccccc2)CC2CC2)C1. The van der Waals surface area contributed by atoms with E-state index in [0.29, 0.717) is 31.6 Å². The number of hydrogen-bond acceptors (Lipinski definition) is 9. The van der Waals surface area contributed by atoms with Crippen molar-refractivity contribution in [3.05, 3.63) is 71.8 Å². The largest absolute Gasteiger partial charge is 0.467 e. The van der Waals surface area contributed by atoms with E-state index in [1.165, 1.54) is 12.0 Å². The van der Waals surface area contributed by atoms with Crippen molar-refractivity contribution < 1.29 is 38.2 Å². The molecule has 0 aromatic heterocycles. The summed E-state index contributed by atoms with van der Waals surface area (Å²) in [6, 6.07) is 17.2. The predicted octanol–water partition coefficient (Wildman–Crippen LogP) is 4.28. The smallest absolute Gasteiger partial charge is 0.408 e. The van der Waals surface area contributed by atoms with Gasteiger partial charge in [0.25, 0.3) is 0 Å². The van der Waals surface area contributed by atoms with E-state index in [0.717, 1.165) is 24.0 Å². The molecular formula is C44H62N6O8. The fraction of sp³-hybridized carbons (Fsp3) is 0.568. The van der Waals surface area contributed by atoms with Crippen molar-refractivity contribution in [1.82, 2.24) is 20.9 Å². The molecule has 1 saturated heterocycles. The van der Waals surface area contributed by atoms with Gasteiger partial charge < -0.3 is 36.1 Å². The number of esters is 1. The van der Waals surface area contributed by atoms with Gasteiger partial charge in [0.15, 0.2) is 11.3 Å². The summed E-state index contributed by atoms with van der Waals surface area (Å²) < 4.78 is 10.5. The number of likely N-dealkylation sites (tertiary alicyclic amines) is 1. The van der Waals surface area contributed by atoms with Crippen LogP contribution >= 0.6 is 0 Å². The molecule has 0 bridgehead atoms. The fourth-order valence-corrected chi connectivity index (χ4v) is 7.22. The molecule has 4 rings (SSSR count). The van der Waals surface area contributed by atoms with E-state index in [1.807, 2.05) is 67.6 Å². The minimum absolute atomic E-state index is 0.0687. The Morgan fingerprint density at radius 3 is 2.09 bits per heavy atom. The molecule has 2 aromatic rings. The molecule has 2 fully saturated rings. The standard InChI is InChI=1S/C44H62N6O8/c1-29(24-31-14-9-7-10-15-31)38(52)48-36(26-32-16-11-8-12-17-32)37(51)27-34(25-33-19-20-33)39(53)47-35(18-13-22-46-30(2)45)40(54)50-23-21-44(28-50,41(55)57-6)49-42(56)58-43(3,4)5/h7-12,14-17,29,33-36H,13,18-28H2,1-6H3,(H2,45,46)(H,47,53)(H,48,52)(H,49,56)/t29-,34+,35-,36-,44?/m1/s1. The number of nitrogens with two attached hydrogens (primary N) is 1. The van der Waals surface area contributed by atoms with Crippen LogP contribution in [0.2, 0.25) is 0 Å². The Morgan fingerprint density at radius 2 is 1.52 bits per heavy atom. The molecule has 2 aliphatic rings. The van der Waals surface area contributed by atoms with E-state index < -0.39 is 58.9 Å². The van der Waals surface area contributed by atoms with Crippen LogP contribution < -0.4 is 21.7 Å². The van der Waals surface area contributed by atoms with E-state index >= 15 is 0 Å². The van der Waals surface area contributed by atoms with Crippen LogP contribution in [0.25, 0.3) is 0 Å². The molecule has 14 nitrogen and oxygen atoms in total. The maximum Gasteiger partial charge on any atom is 0.408 e. The zero-order chi connectivity index (χ0) is 42.5. The van der Waals surface area contributed by atoms with Crippen molar-refractivity contribution >= 4 is 41.4 Å². The summed E-state index contributed by atoms with van der Waals surface area (Å²) in [4.78, 5) is 87.9. The summed E-state index contributed by atoms with van der Waals surface area (Å²) >= 11 is 0. The molecule has 1 aliphatic heterocycles. The zero-order valence-corrected chi connectivity index (χ0v) is 34.9. The van der Waals surface area contributed by atoms with Gasteiger partial charge in [-0.2, -0.15) is 0 Å². The van der Waals surface area contributed by atoms with Gasteiger partial charge in [-0.1, -0.05) is 80.4 Å². The minimum Gasteiger partial charge on any atom is -0.467 e. The third-order valence-electron chi connectivity index (χ3n) is 10.5. The zero-order valence-electron chi connectivity index (χ0n) is 34.9. The normalized spacial score (nSPS) is 18.9. The number of aliphatic imine (C=N–C) groups is 1. The molecule has 4 amide bonds. The molecule has 14 heteroatoms. The molecule has 5 N–H and O–H groups in total. The highest BCUT2D eigenvalue weighted by atomic mass is 16.6. The van der Waals surface area contributed by atoms with Crippen molar-refractivity contribution in [2.45, 2.75) is 116 Å². The van der Waals surface area contributed by atoms with Gasteiger partial charge in [0, 0.05) is 37.8 Å². The number of Topliss-reactive ketones (excluding diaryl/α,β-unsaturated/α-hetero) is 1. The average Bonchev–Trinajstić information content (AvgIpc) is 3.90. The number of ether oxygens (including phenoxy) is 2. The van der Waals surface area contributed by atoms with Crippen molar-refractivity contribution in [1.29, 1.82) is 0 Å². The van der Waals surface area contributed by atoms with Crippen molar-refractivity contribution in [2.24, 2.45) is 28.5 Å². The highest BCUT2D eigenvalue weighted by Gasteiger charge is 2.50. The fourth-order valence-electron chi connectivity index (χ4n) is 7.22. The van der Waals surface area contributed by atoms with Gasteiger partial charge in [0.2, 0.25) is 17.7 Å². The van der Waals surface area contributed by atoms with Gasteiger partial charge >= 0.3 is 12.1 Å². The summed E-state index contributed by atoms with van der Waals surface area (Å²) in [6.45, 7) is 8.81. The second kappa shape index (κ2) is 20.9. The molecule has 2 aromatic carbocycles. The Labute approximate surface area is 342 Å². The molecule has 58 heavy (non-hydrogen) atoms. The van der Waals surface area contributed by atoms with Crippen LogP contribution in [-0.4, -0.2) is 96.3 Å². The predicted molar refractivity (Wildman–Crippen MR) is 220 cm³/mol. The quantitative estimate of drug-likeness (QED) is 0.0654. The summed E-state index contributed by atoms with van der Waals surface area (Å²) in [5.74, 6) is -2.63. The number of ketones is 1. The number of carbonyl (C=O) groups excluding carboxylic acids is 6. The van der Waals surface area contributed by atoms with E-state index in [-0.39, 0.29) is 56.4 Å². The molecule has 1 saturated carbocycles. The van der Waals surface area contributed by atoms with Crippen LogP contribution in [0.3, 0.4) is 0 Å². The number of hydrogen-bond donors (Lipinski definition) is 4. The summed E-state index contributed by atoms with van der Waals surface area (Å²) in [5.41, 5.74) is 5.24. The van der Waals surface area contributed by atoms with Gasteiger partial charge in [-0.3, -0.25) is 24.2 Å². The third-order valence-corrected chi connectivity index (χ3v) is 10.5. The minimum atomic E-state index is -1.56. The van der Waals surface area contributed by atoms with Gasteiger partial charge in [0.05, 0.1) is 25.5 Å². The van der Waals surface area contributed by atoms with Crippen LogP contribution in [-0.2, 0) is 46.3 Å². The molecule has 1 aliphatic carbocycles. The molecule has 1 unspecified atom stereocenters. The lowest BCUT2D eigenvalue weighted by Crippen LogP contribution is -2.59. The Hall–Kier alpha value is -5.27. The summed E-state index contributed by atoms with van der Waals surface area (Å²) in [5, 5.41) is 8.61. The maximum absolute atomic E-state index is 14.3. The highest BCUT2D eigenvalue weighted by molar-refractivity contribution is 5.95. The number of carbonyl (C=O) groups is 6. The lowest BCUT2D eigenvalue weighted by atomic mass is 9.89. The van der Waals surface area contributed by atoms with E-state index in [2.05, 4.69) is 20.9 Å². The molecular weight excluding hydrogens is 741 g/mol. The first kappa shape index (κ1) is 45.4. The third kappa shape index (κ3) is 14.3. The first-order valence-corrected chi connectivity index (χ1v) is 20.3. The first-order valence-electron chi connectivity index (χ1n) is 20.3. The monoisotopic (exact) mass is 802 g/mol. The number of benzene rings is 2. The van der Waals surface area contributed by atoms with Gasteiger partial charge in [-0.25, -0.2) is 9.59 Å². The number of methoxy groups -OCH3 is 1. The van der Waals surface area contributed by atoms with Gasteiger partial charge in [-0.05, 0) is 76.8 Å². The molecule has 5 atom stereocenters. The summed E-state index contributed by atoms with van der Waals surface area (Å²) in [6.07, 6.45) is 2.84. The number of alkyl carbamates (subject to hydrolysis) is 1. The van der Waals surface area contributed by atoms with Gasteiger partial charge in [-0.15, -0.1) is 0 Å². The average molecular weight is 803 g/mol. The van der Waals surface area contributed by atoms with Gasteiger partial charge in [0.1, 0.15) is 11.6 Å². The maximum atomic E-state index is 14.3. The molecule has 0 spiro atoms. The Kier molecular flexibility index (Phi) is 16.4. The molecule has 0 radical (unpaired) electrons. The number of nitrogens with one attached hydrogen (secondary N) is 3. The van der Waals surface area contributed by atoms with Crippen LogP contribution in [0.1, 0.15) is 90.7 Å². The molecule has 316 valence electrons. The lowest BCUT2D eigenvalue weighted by molar-refractivity contribution is -0.148. The Bertz CT molecular complexity index is 1760. The second-order valence-electron chi connectivity index (χ2n) is 16.8. The number of amides is 4. The molecule has 1 heterocycles. The lowest BCUT2D eigenvalue weighted by Gasteiger charge is -2.30. The van der Waals surface area contributed by atoms with Crippen LogP contribution in [0.4, 0.5) is 4.79 Å². The van der Waals surface area contributed by atoms with Crippen molar-refractivity contribution in [3.63, 3.8) is 0 Å². The van der Waals surface area contributed by atoms with Crippen LogP contribution in [0.5, 0.6) is 0 Å². The number of nitrogens with zero attached hydrogens (tertiary/aromatic N) is 2. The van der Waals surface area contributed by atoms with E-state index in [4.69, 9.17) is 15.2 Å². The van der Waals surface area contributed by atoms with E-state index in [1.54, 1.807) is 27.7 Å². The second-order valence-corrected chi connectivity index (χ2v) is 16.8. The number of rotatable bonds is 20. The number of amidine groups is 1. The first-order chi connectivity index (χ1) is 27.5. The highest BCUT2D eigenvalue weighted by Crippen LogP contribution is 2.37. The summed E-state index contributed by atoms with van der Waals surface area (Å²) in [7, 11) is 1.21. The Morgan fingerprint density at radius 1 is 0.914 bits per heavy atom. The Balaban J connectivity index is 1.53. The van der Waals surface area contributed by atoms with Crippen molar-refractivity contribution in [2.75, 3.05) is 26.7 Å². The topological polar surface area (TPSA) is 199 Å².